The van der Waals surface area contributed by atoms with E-state index in [4.69, 9.17) is 4.98 Å². The van der Waals surface area contributed by atoms with Crippen LogP contribution in [0.15, 0.2) is 29.6 Å². The summed E-state index contributed by atoms with van der Waals surface area (Å²) in [6.45, 7) is 7.51. The van der Waals surface area contributed by atoms with Gasteiger partial charge in [-0.2, -0.15) is 0 Å². The van der Waals surface area contributed by atoms with Gasteiger partial charge in [0.05, 0.1) is 5.69 Å². The first-order chi connectivity index (χ1) is 8.70. The molecule has 2 aromatic rings. The van der Waals surface area contributed by atoms with Gasteiger partial charge in [-0.15, -0.1) is 11.3 Å². The lowest BCUT2D eigenvalue weighted by Crippen LogP contribution is -2.19. The molecule has 96 valence electrons. The molecule has 0 aliphatic heterocycles. The highest BCUT2D eigenvalue weighted by Gasteiger charge is 2.10. The molecule has 0 saturated heterocycles. The van der Waals surface area contributed by atoms with Crippen molar-refractivity contribution in [3.05, 3.63) is 40.9 Å². The van der Waals surface area contributed by atoms with Crippen LogP contribution in [0.4, 0.5) is 0 Å². The summed E-state index contributed by atoms with van der Waals surface area (Å²) in [5, 5.41) is 6.74. The lowest BCUT2D eigenvalue weighted by Gasteiger charge is -2.09. The molecule has 1 heterocycles. The first kappa shape index (κ1) is 13.2. The lowest BCUT2D eigenvalue weighted by molar-refractivity contribution is 0.561. The van der Waals surface area contributed by atoms with Gasteiger partial charge < -0.3 is 5.32 Å². The molecule has 0 bridgehead atoms. The molecule has 0 radical (unpaired) electrons. The summed E-state index contributed by atoms with van der Waals surface area (Å²) in [6.07, 6.45) is 1.15. The quantitative estimate of drug-likeness (QED) is 0.872. The van der Waals surface area contributed by atoms with Crippen molar-refractivity contribution in [2.45, 2.75) is 33.2 Å². The number of hydrogen-bond acceptors (Lipinski definition) is 3. The van der Waals surface area contributed by atoms with Gasteiger partial charge in [0.25, 0.3) is 0 Å². The van der Waals surface area contributed by atoms with E-state index < -0.39 is 0 Å². The van der Waals surface area contributed by atoms with Gasteiger partial charge in [-0.1, -0.05) is 30.7 Å². The molecule has 0 aliphatic rings. The summed E-state index contributed by atoms with van der Waals surface area (Å²) >= 11 is 1.72. The van der Waals surface area contributed by atoms with Crippen LogP contribution in [-0.4, -0.2) is 11.5 Å². The molecule has 2 rings (SSSR count). The number of rotatable bonds is 5. The summed E-state index contributed by atoms with van der Waals surface area (Å²) in [5.41, 5.74) is 3.64. The van der Waals surface area contributed by atoms with Crippen LogP contribution in [0.1, 0.15) is 37.6 Å². The van der Waals surface area contributed by atoms with Gasteiger partial charge in [-0.25, -0.2) is 4.98 Å². The Morgan fingerprint density at radius 3 is 2.94 bits per heavy atom. The smallest absolute Gasteiger partial charge is 0.123 e. The molecule has 0 amide bonds. The molecule has 0 spiro atoms. The van der Waals surface area contributed by atoms with Crippen molar-refractivity contribution in [3.63, 3.8) is 0 Å². The molecule has 3 heteroatoms. The standard InChI is InChI=1S/C15H20N2S/c1-4-8-16-12(3)14-10-18-15(17-14)13-7-5-6-11(2)9-13/h5-7,9-10,12,16H,4,8H2,1-3H3. The third kappa shape index (κ3) is 3.18. The topological polar surface area (TPSA) is 24.9 Å². The first-order valence-electron chi connectivity index (χ1n) is 6.46. The number of aromatic nitrogens is 1. The van der Waals surface area contributed by atoms with Gasteiger partial charge in [0.2, 0.25) is 0 Å². The van der Waals surface area contributed by atoms with E-state index in [1.807, 2.05) is 0 Å². The summed E-state index contributed by atoms with van der Waals surface area (Å²) in [5.74, 6) is 0. The second kappa shape index (κ2) is 6.12. The maximum absolute atomic E-state index is 4.73. The summed E-state index contributed by atoms with van der Waals surface area (Å²) in [7, 11) is 0. The lowest BCUT2D eigenvalue weighted by atomic mass is 10.1. The predicted octanol–water partition coefficient (Wildman–Crippen LogP) is 4.18. The van der Waals surface area contributed by atoms with Gasteiger partial charge in [0, 0.05) is 17.0 Å². The van der Waals surface area contributed by atoms with Crippen molar-refractivity contribution in [1.29, 1.82) is 0 Å². The number of nitrogens with one attached hydrogen (secondary N) is 1. The zero-order chi connectivity index (χ0) is 13.0. The van der Waals surface area contributed by atoms with E-state index in [0.717, 1.165) is 23.7 Å². The van der Waals surface area contributed by atoms with Crippen LogP contribution in [-0.2, 0) is 0 Å². The zero-order valence-corrected chi connectivity index (χ0v) is 12.1. The zero-order valence-electron chi connectivity index (χ0n) is 11.2. The Morgan fingerprint density at radius 2 is 2.22 bits per heavy atom. The average molecular weight is 260 g/mol. The van der Waals surface area contributed by atoms with Crippen molar-refractivity contribution in [1.82, 2.24) is 10.3 Å². The van der Waals surface area contributed by atoms with E-state index >= 15 is 0 Å². The highest BCUT2D eigenvalue weighted by Crippen LogP contribution is 2.26. The number of thiazole rings is 1. The van der Waals surface area contributed by atoms with Crippen LogP contribution < -0.4 is 5.32 Å². The molecule has 1 unspecified atom stereocenters. The molecule has 18 heavy (non-hydrogen) atoms. The maximum Gasteiger partial charge on any atom is 0.123 e. The van der Waals surface area contributed by atoms with Crippen LogP contribution in [0.5, 0.6) is 0 Å². The predicted molar refractivity (Wildman–Crippen MR) is 79.0 cm³/mol. The van der Waals surface area contributed by atoms with Crippen molar-refractivity contribution in [3.8, 4) is 10.6 Å². The fraction of sp³-hybridized carbons (Fsp3) is 0.400. The second-order valence-corrected chi connectivity index (χ2v) is 5.48. The van der Waals surface area contributed by atoms with Crippen molar-refractivity contribution >= 4 is 11.3 Å². The number of hydrogen-bond donors (Lipinski definition) is 1. The summed E-state index contributed by atoms with van der Waals surface area (Å²) in [4.78, 5) is 4.73. The Bertz CT molecular complexity index is 505. The number of benzene rings is 1. The Morgan fingerprint density at radius 1 is 1.39 bits per heavy atom. The Balaban J connectivity index is 2.15. The number of aryl methyl sites for hydroxylation is 1. The second-order valence-electron chi connectivity index (χ2n) is 4.62. The normalized spacial score (nSPS) is 12.6. The highest BCUT2D eigenvalue weighted by atomic mass is 32.1. The molecule has 0 aliphatic carbocycles. The van der Waals surface area contributed by atoms with Gasteiger partial charge >= 0.3 is 0 Å². The van der Waals surface area contributed by atoms with E-state index in [2.05, 4.69) is 55.7 Å². The first-order valence-corrected chi connectivity index (χ1v) is 7.34. The molecular weight excluding hydrogens is 240 g/mol. The van der Waals surface area contributed by atoms with Crippen LogP contribution >= 0.6 is 11.3 Å². The molecule has 1 N–H and O–H groups in total. The van der Waals surface area contributed by atoms with Gasteiger partial charge in [-0.3, -0.25) is 0 Å². The van der Waals surface area contributed by atoms with Gasteiger partial charge in [0.1, 0.15) is 5.01 Å². The fourth-order valence-corrected chi connectivity index (χ4v) is 2.77. The van der Waals surface area contributed by atoms with Gasteiger partial charge in [0.15, 0.2) is 0 Å². The minimum atomic E-state index is 0.333. The van der Waals surface area contributed by atoms with Crippen LogP contribution in [0.2, 0.25) is 0 Å². The number of nitrogens with zero attached hydrogens (tertiary/aromatic N) is 1. The SMILES string of the molecule is CCCNC(C)c1csc(-c2cccc(C)c2)n1. The molecule has 0 fully saturated rings. The third-order valence-electron chi connectivity index (χ3n) is 2.93. The third-order valence-corrected chi connectivity index (χ3v) is 3.84. The molecule has 0 saturated carbocycles. The van der Waals surface area contributed by atoms with E-state index in [0.29, 0.717) is 6.04 Å². The van der Waals surface area contributed by atoms with E-state index in [-0.39, 0.29) is 0 Å². The van der Waals surface area contributed by atoms with Gasteiger partial charge in [-0.05, 0) is 32.9 Å². The summed E-state index contributed by atoms with van der Waals surface area (Å²) < 4.78 is 0. The van der Waals surface area contributed by atoms with Crippen LogP contribution in [0.25, 0.3) is 10.6 Å². The monoisotopic (exact) mass is 260 g/mol. The van der Waals surface area contributed by atoms with E-state index in [1.165, 1.54) is 11.1 Å². The Hall–Kier alpha value is -1.19. The minimum absolute atomic E-state index is 0.333. The Labute approximate surface area is 113 Å². The van der Waals surface area contributed by atoms with Crippen molar-refractivity contribution in [2.75, 3.05) is 6.54 Å². The highest BCUT2D eigenvalue weighted by molar-refractivity contribution is 7.13. The molecule has 2 nitrogen and oxygen atoms in total. The van der Waals surface area contributed by atoms with E-state index in [1.54, 1.807) is 11.3 Å². The molecule has 1 aromatic carbocycles. The fourth-order valence-electron chi connectivity index (χ4n) is 1.86. The minimum Gasteiger partial charge on any atom is -0.309 e. The molecule has 1 aromatic heterocycles. The molecular formula is C15H20N2S. The van der Waals surface area contributed by atoms with Crippen molar-refractivity contribution in [2.24, 2.45) is 0 Å². The average Bonchev–Trinajstić information content (AvgIpc) is 2.85. The maximum atomic E-state index is 4.73. The molecule has 1 atom stereocenters. The van der Waals surface area contributed by atoms with Crippen LogP contribution in [0, 0.1) is 6.92 Å². The largest absolute Gasteiger partial charge is 0.309 e. The van der Waals surface area contributed by atoms with E-state index in [9.17, 15) is 0 Å². The van der Waals surface area contributed by atoms with Crippen LogP contribution in [0.3, 0.4) is 0 Å². The summed E-state index contributed by atoms with van der Waals surface area (Å²) in [6, 6.07) is 8.85. The van der Waals surface area contributed by atoms with Crippen molar-refractivity contribution < 1.29 is 0 Å². The Kier molecular flexibility index (Phi) is 4.50.